The molecule has 0 radical (unpaired) electrons. The molecule has 1 unspecified atom stereocenters. The lowest BCUT2D eigenvalue weighted by Gasteiger charge is -2.32. The summed E-state index contributed by atoms with van der Waals surface area (Å²) in [6.07, 6.45) is 0. The van der Waals surface area contributed by atoms with Crippen molar-refractivity contribution in [3.8, 4) is 0 Å². The largest absolute Gasteiger partial charge is 0.354 e. The molecule has 3 rings (SSSR count). The monoisotopic (exact) mass is 603 g/mol. The van der Waals surface area contributed by atoms with Gasteiger partial charge in [-0.2, -0.15) is 0 Å². The van der Waals surface area contributed by atoms with Gasteiger partial charge in [0.15, 0.2) is 0 Å². The molecule has 40 heavy (non-hydrogen) atoms. The van der Waals surface area contributed by atoms with Gasteiger partial charge in [-0.15, -0.1) is 0 Å². The van der Waals surface area contributed by atoms with Crippen molar-refractivity contribution in [2.45, 2.75) is 52.1 Å². The molecule has 7 nitrogen and oxygen atoms in total. The highest BCUT2D eigenvalue weighted by Gasteiger charge is 2.33. The summed E-state index contributed by atoms with van der Waals surface area (Å²) in [7, 11) is -4.13. The van der Waals surface area contributed by atoms with Crippen LogP contribution in [0.1, 0.15) is 37.5 Å². The van der Waals surface area contributed by atoms with Gasteiger partial charge < -0.3 is 10.2 Å². The predicted octanol–water partition coefficient (Wildman–Crippen LogP) is 6.00. The maximum absolute atomic E-state index is 14.0. The Morgan fingerprint density at radius 1 is 0.925 bits per heavy atom. The summed E-state index contributed by atoms with van der Waals surface area (Å²) in [5, 5.41) is 3.64. The Bertz CT molecular complexity index is 1460. The van der Waals surface area contributed by atoms with Gasteiger partial charge in [0.2, 0.25) is 11.8 Å². The molecule has 3 aromatic rings. The number of halogens is 2. The number of nitrogens with zero attached hydrogens (tertiary/aromatic N) is 2. The first-order valence-electron chi connectivity index (χ1n) is 13.0. The van der Waals surface area contributed by atoms with Gasteiger partial charge in [0.1, 0.15) is 12.6 Å². The van der Waals surface area contributed by atoms with Crippen molar-refractivity contribution >= 4 is 50.7 Å². The van der Waals surface area contributed by atoms with Crippen molar-refractivity contribution in [3.63, 3.8) is 0 Å². The molecule has 0 aliphatic carbocycles. The minimum Gasteiger partial charge on any atom is -0.354 e. The quantitative estimate of drug-likeness (QED) is 0.291. The van der Waals surface area contributed by atoms with Crippen LogP contribution in [-0.2, 0) is 26.2 Å². The van der Waals surface area contributed by atoms with Gasteiger partial charge in [-0.1, -0.05) is 73.4 Å². The molecule has 0 fully saturated rings. The molecule has 214 valence electrons. The molecular weight excluding hydrogens is 569 g/mol. The van der Waals surface area contributed by atoms with E-state index in [1.54, 1.807) is 56.3 Å². The fourth-order valence-corrected chi connectivity index (χ4v) is 6.05. The van der Waals surface area contributed by atoms with Crippen LogP contribution in [-0.4, -0.2) is 44.3 Å². The lowest BCUT2D eigenvalue weighted by Crippen LogP contribution is -2.51. The van der Waals surface area contributed by atoms with Crippen LogP contribution in [0, 0.1) is 19.8 Å². The topological polar surface area (TPSA) is 86.8 Å². The van der Waals surface area contributed by atoms with Crippen LogP contribution < -0.4 is 9.62 Å². The Labute approximate surface area is 247 Å². The smallest absolute Gasteiger partial charge is 0.264 e. The van der Waals surface area contributed by atoms with Gasteiger partial charge in [0.25, 0.3) is 10.0 Å². The van der Waals surface area contributed by atoms with E-state index in [9.17, 15) is 18.0 Å². The molecule has 3 aromatic carbocycles. The van der Waals surface area contributed by atoms with E-state index in [-0.39, 0.29) is 23.3 Å². The molecule has 0 saturated carbocycles. The molecule has 0 aromatic heterocycles. The van der Waals surface area contributed by atoms with E-state index in [0.29, 0.717) is 33.4 Å². The number of aryl methyl sites for hydroxylation is 2. The van der Waals surface area contributed by atoms with Gasteiger partial charge in [-0.05, 0) is 73.7 Å². The predicted molar refractivity (Wildman–Crippen MR) is 161 cm³/mol. The summed E-state index contributed by atoms with van der Waals surface area (Å²) in [5.41, 5.74) is 2.49. The molecule has 0 aliphatic heterocycles. The molecule has 0 heterocycles. The zero-order valence-corrected chi connectivity index (χ0v) is 25.6. The van der Waals surface area contributed by atoms with Crippen molar-refractivity contribution in [2.24, 2.45) is 5.92 Å². The second-order valence-electron chi connectivity index (χ2n) is 10.2. The number of rotatable bonds is 11. The molecule has 10 heteroatoms. The third-order valence-electron chi connectivity index (χ3n) is 6.45. The highest BCUT2D eigenvalue weighted by atomic mass is 35.5. The Hall–Kier alpha value is -3.07. The van der Waals surface area contributed by atoms with Gasteiger partial charge in [-0.25, -0.2) is 8.42 Å². The van der Waals surface area contributed by atoms with E-state index in [1.165, 1.54) is 17.0 Å². The first kappa shape index (κ1) is 31.5. The third kappa shape index (κ3) is 7.77. The lowest BCUT2D eigenvalue weighted by molar-refractivity contribution is -0.139. The summed E-state index contributed by atoms with van der Waals surface area (Å²) in [4.78, 5) is 28.5. The summed E-state index contributed by atoms with van der Waals surface area (Å²) >= 11 is 12.5. The molecule has 0 bridgehead atoms. The third-order valence-corrected chi connectivity index (χ3v) is 8.81. The SMILES string of the molecule is Cc1ccc(C)c(N(CC(=O)N(Cc2ccc(Cl)cc2Cl)C(C)C(=O)NCC(C)C)S(=O)(=O)c2ccccc2)c1. The number of amides is 2. The van der Waals surface area contributed by atoms with Crippen molar-refractivity contribution in [1.82, 2.24) is 10.2 Å². The Morgan fingerprint density at radius 3 is 2.23 bits per heavy atom. The summed E-state index contributed by atoms with van der Waals surface area (Å²) < 4.78 is 29.0. The normalized spacial score (nSPS) is 12.2. The summed E-state index contributed by atoms with van der Waals surface area (Å²) in [6, 6.07) is 17.4. The summed E-state index contributed by atoms with van der Waals surface area (Å²) in [5.74, 6) is -0.697. The molecule has 1 N–H and O–H groups in total. The number of carbonyl (C=O) groups excluding carboxylic acids is 2. The van der Waals surface area contributed by atoms with Crippen LogP contribution in [0.5, 0.6) is 0 Å². The Balaban J connectivity index is 2.06. The van der Waals surface area contributed by atoms with Gasteiger partial charge >= 0.3 is 0 Å². The van der Waals surface area contributed by atoms with E-state index in [0.717, 1.165) is 9.87 Å². The lowest BCUT2D eigenvalue weighted by atomic mass is 10.1. The number of hydrogen-bond donors (Lipinski definition) is 1. The second-order valence-corrected chi connectivity index (χ2v) is 12.9. The zero-order chi connectivity index (χ0) is 29.6. The van der Waals surface area contributed by atoms with Crippen LogP contribution >= 0.6 is 23.2 Å². The first-order valence-corrected chi connectivity index (χ1v) is 15.2. The average Bonchev–Trinajstić information content (AvgIpc) is 2.91. The Kier molecular flexibility index (Phi) is 10.6. The fraction of sp³-hybridized carbons (Fsp3) is 0.333. The number of sulfonamides is 1. The van der Waals surface area contributed by atoms with Crippen molar-refractivity contribution in [3.05, 3.63) is 93.5 Å². The number of hydrogen-bond acceptors (Lipinski definition) is 4. The maximum Gasteiger partial charge on any atom is 0.264 e. The minimum atomic E-state index is -4.13. The van der Waals surface area contributed by atoms with Crippen LogP contribution in [0.4, 0.5) is 5.69 Å². The van der Waals surface area contributed by atoms with E-state index in [1.807, 2.05) is 32.9 Å². The number of benzene rings is 3. The van der Waals surface area contributed by atoms with E-state index >= 15 is 0 Å². The molecular formula is C30H35Cl2N3O4S. The summed E-state index contributed by atoms with van der Waals surface area (Å²) in [6.45, 7) is 9.10. The van der Waals surface area contributed by atoms with Crippen LogP contribution in [0.2, 0.25) is 10.0 Å². The maximum atomic E-state index is 14.0. The van der Waals surface area contributed by atoms with Crippen molar-refractivity contribution in [2.75, 3.05) is 17.4 Å². The fourth-order valence-electron chi connectivity index (χ4n) is 4.09. The van der Waals surface area contributed by atoms with E-state index in [4.69, 9.17) is 23.2 Å². The van der Waals surface area contributed by atoms with Crippen molar-refractivity contribution in [1.29, 1.82) is 0 Å². The standard InChI is InChI=1S/C30H35Cl2N3O4S/c1-20(2)17-33-30(37)23(5)34(18-24-13-14-25(31)16-27(24)32)29(36)19-35(28-15-21(3)11-12-22(28)4)40(38,39)26-9-7-6-8-10-26/h6-16,20,23H,17-19H2,1-5H3,(H,33,37). The highest BCUT2D eigenvalue weighted by Crippen LogP contribution is 2.29. The number of nitrogens with one attached hydrogen (secondary N) is 1. The van der Waals surface area contributed by atoms with E-state index < -0.39 is 28.5 Å². The average molecular weight is 605 g/mol. The van der Waals surface area contributed by atoms with Gasteiger partial charge in [0, 0.05) is 23.1 Å². The second kappa shape index (κ2) is 13.5. The molecule has 0 saturated heterocycles. The van der Waals surface area contributed by atoms with Crippen molar-refractivity contribution < 1.29 is 18.0 Å². The van der Waals surface area contributed by atoms with Gasteiger partial charge in [0.05, 0.1) is 10.6 Å². The number of anilines is 1. The molecule has 0 spiro atoms. The van der Waals surface area contributed by atoms with Crippen LogP contribution in [0.3, 0.4) is 0 Å². The highest BCUT2D eigenvalue weighted by molar-refractivity contribution is 7.92. The molecule has 0 aliphatic rings. The Morgan fingerprint density at radius 2 is 1.60 bits per heavy atom. The van der Waals surface area contributed by atoms with Crippen LogP contribution in [0.15, 0.2) is 71.6 Å². The minimum absolute atomic E-state index is 0.0167. The molecule has 1 atom stereocenters. The van der Waals surface area contributed by atoms with Crippen LogP contribution in [0.25, 0.3) is 0 Å². The van der Waals surface area contributed by atoms with E-state index in [2.05, 4.69) is 5.32 Å². The first-order chi connectivity index (χ1) is 18.8. The molecule has 2 amide bonds. The van der Waals surface area contributed by atoms with Gasteiger partial charge in [-0.3, -0.25) is 13.9 Å². The number of carbonyl (C=O) groups is 2. The zero-order valence-electron chi connectivity index (χ0n) is 23.3.